The monoisotopic (exact) mass is 260 g/mol. The van der Waals surface area contributed by atoms with E-state index in [1.54, 1.807) is 12.1 Å². The van der Waals surface area contributed by atoms with Gasteiger partial charge in [-0.1, -0.05) is 12.1 Å². The van der Waals surface area contributed by atoms with Gasteiger partial charge in [0.1, 0.15) is 5.75 Å². The van der Waals surface area contributed by atoms with Crippen molar-refractivity contribution < 1.29 is 14.3 Å². The SMILES string of the molecule is O=C(Cl)CCc1ccc(OCC(=O)Cl)cc1. The Bertz CT molecular complexity index is 336. The molecule has 0 spiro atoms. The van der Waals surface area contributed by atoms with Gasteiger partial charge in [0.05, 0.1) is 0 Å². The second-order valence-corrected chi connectivity index (χ2v) is 3.99. The van der Waals surface area contributed by atoms with Gasteiger partial charge in [-0.2, -0.15) is 0 Å². The fourth-order valence-electron chi connectivity index (χ4n) is 1.14. The summed E-state index contributed by atoms with van der Waals surface area (Å²) in [6.45, 7) is -0.152. The van der Waals surface area contributed by atoms with E-state index in [1.165, 1.54) is 0 Å². The summed E-state index contributed by atoms with van der Waals surface area (Å²) in [5.41, 5.74) is 0.985. The zero-order valence-corrected chi connectivity index (χ0v) is 9.92. The van der Waals surface area contributed by atoms with Crippen molar-refractivity contribution >= 4 is 33.7 Å². The summed E-state index contributed by atoms with van der Waals surface area (Å²) < 4.78 is 5.07. The first-order valence-corrected chi connectivity index (χ1v) is 5.42. The maximum atomic E-state index is 10.6. The highest BCUT2D eigenvalue weighted by Gasteiger charge is 2.01. The standard InChI is InChI=1S/C11H10Cl2O3/c12-10(14)6-3-8-1-4-9(5-2-8)16-7-11(13)15/h1-2,4-5H,3,6-7H2. The minimum Gasteiger partial charge on any atom is -0.484 e. The largest absolute Gasteiger partial charge is 0.484 e. The number of carbonyl (C=O) groups excluding carboxylic acids is 2. The van der Waals surface area contributed by atoms with Gasteiger partial charge in [0.25, 0.3) is 5.24 Å². The van der Waals surface area contributed by atoms with Crippen molar-refractivity contribution in [3.05, 3.63) is 29.8 Å². The van der Waals surface area contributed by atoms with Crippen LogP contribution in [0.2, 0.25) is 0 Å². The normalized spacial score (nSPS) is 9.88. The van der Waals surface area contributed by atoms with Crippen LogP contribution in [0.3, 0.4) is 0 Å². The molecule has 86 valence electrons. The molecule has 0 aliphatic heterocycles. The third-order valence-electron chi connectivity index (χ3n) is 1.89. The number of aryl methyl sites for hydroxylation is 1. The highest BCUT2D eigenvalue weighted by atomic mass is 35.5. The molecule has 3 nitrogen and oxygen atoms in total. The molecule has 0 saturated carbocycles. The molecule has 0 radical (unpaired) electrons. The lowest BCUT2D eigenvalue weighted by molar-refractivity contribution is -0.113. The molecule has 0 heterocycles. The van der Waals surface area contributed by atoms with E-state index in [1.807, 2.05) is 12.1 Å². The molecule has 0 aliphatic rings. The third-order valence-corrected chi connectivity index (χ3v) is 2.18. The lowest BCUT2D eigenvalue weighted by atomic mass is 10.1. The lowest BCUT2D eigenvalue weighted by Gasteiger charge is -2.04. The quantitative estimate of drug-likeness (QED) is 0.739. The number of rotatable bonds is 6. The van der Waals surface area contributed by atoms with Gasteiger partial charge >= 0.3 is 0 Å². The predicted molar refractivity (Wildman–Crippen MR) is 62.0 cm³/mol. The van der Waals surface area contributed by atoms with Crippen molar-refractivity contribution in [2.45, 2.75) is 12.8 Å². The Morgan fingerprint density at radius 2 is 1.69 bits per heavy atom. The van der Waals surface area contributed by atoms with E-state index in [2.05, 4.69) is 0 Å². The van der Waals surface area contributed by atoms with Crippen LogP contribution in [0.25, 0.3) is 0 Å². The Kier molecular flexibility index (Phi) is 5.29. The molecule has 0 N–H and O–H groups in total. The Morgan fingerprint density at radius 1 is 1.06 bits per heavy atom. The number of benzene rings is 1. The second-order valence-electron chi connectivity index (χ2n) is 3.14. The van der Waals surface area contributed by atoms with Crippen LogP contribution in [0.15, 0.2) is 24.3 Å². The van der Waals surface area contributed by atoms with Crippen LogP contribution in [0, 0.1) is 0 Å². The molecular formula is C11H10Cl2O3. The molecule has 1 aromatic rings. The molecule has 0 aliphatic carbocycles. The van der Waals surface area contributed by atoms with Gasteiger partial charge in [-0.15, -0.1) is 0 Å². The van der Waals surface area contributed by atoms with E-state index in [9.17, 15) is 9.59 Å². The Labute approximate surface area is 103 Å². The molecule has 0 fully saturated rings. The number of hydrogen-bond acceptors (Lipinski definition) is 3. The molecular weight excluding hydrogens is 251 g/mol. The first-order valence-electron chi connectivity index (χ1n) is 4.66. The van der Waals surface area contributed by atoms with Gasteiger partial charge in [-0.25, -0.2) is 0 Å². The summed E-state index contributed by atoms with van der Waals surface area (Å²) in [4.78, 5) is 21.0. The van der Waals surface area contributed by atoms with E-state index in [4.69, 9.17) is 27.9 Å². The molecule has 0 atom stereocenters. The minimum atomic E-state index is -0.545. The first kappa shape index (κ1) is 13.0. The van der Waals surface area contributed by atoms with Gasteiger partial charge in [0.15, 0.2) is 6.61 Å². The van der Waals surface area contributed by atoms with Crippen LogP contribution in [0.1, 0.15) is 12.0 Å². The van der Waals surface area contributed by atoms with Crippen molar-refractivity contribution in [1.29, 1.82) is 0 Å². The Hall–Kier alpha value is -1.06. The van der Waals surface area contributed by atoms with Crippen molar-refractivity contribution in [3.8, 4) is 5.75 Å². The second kappa shape index (κ2) is 6.51. The predicted octanol–water partition coefficient (Wildman–Crippen LogP) is 2.53. The van der Waals surface area contributed by atoms with Crippen LogP contribution in [-0.4, -0.2) is 17.1 Å². The highest BCUT2D eigenvalue weighted by Crippen LogP contribution is 2.13. The molecule has 1 aromatic carbocycles. The molecule has 16 heavy (non-hydrogen) atoms. The summed E-state index contributed by atoms with van der Waals surface area (Å²) in [6, 6.07) is 7.06. The fourth-order valence-corrected chi connectivity index (χ4v) is 1.28. The maximum Gasteiger partial charge on any atom is 0.259 e. The molecule has 0 bridgehead atoms. The Balaban J connectivity index is 2.47. The van der Waals surface area contributed by atoms with E-state index in [0.29, 0.717) is 18.6 Å². The number of carbonyl (C=O) groups is 2. The molecule has 0 aromatic heterocycles. The zero-order valence-electron chi connectivity index (χ0n) is 8.41. The maximum absolute atomic E-state index is 10.6. The van der Waals surface area contributed by atoms with Crippen LogP contribution in [0.5, 0.6) is 5.75 Å². The summed E-state index contributed by atoms with van der Waals surface area (Å²) in [6.07, 6.45) is 0.902. The van der Waals surface area contributed by atoms with Crippen molar-refractivity contribution in [2.75, 3.05) is 6.61 Å². The van der Waals surface area contributed by atoms with Crippen molar-refractivity contribution in [2.24, 2.45) is 0 Å². The molecule has 0 saturated heterocycles. The van der Waals surface area contributed by atoms with E-state index < -0.39 is 5.24 Å². The first-order chi connectivity index (χ1) is 7.58. The number of halogens is 2. The van der Waals surface area contributed by atoms with Gasteiger partial charge in [-0.3, -0.25) is 9.59 Å². The van der Waals surface area contributed by atoms with Crippen LogP contribution in [-0.2, 0) is 16.0 Å². The number of ether oxygens (including phenoxy) is 1. The van der Waals surface area contributed by atoms with Gasteiger partial charge in [-0.05, 0) is 47.3 Å². The third kappa shape index (κ3) is 5.14. The van der Waals surface area contributed by atoms with E-state index in [-0.39, 0.29) is 11.8 Å². The van der Waals surface area contributed by atoms with Gasteiger partial charge in [0, 0.05) is 6.42 Å². The topological polar surface area (TPSA) is 43.4 Å². The Morgan fingerprint density at radius 3 is 2.19 bits per heavy atom. The van der Waals surface area contributed by atoms with Crippen molar-refractivity contribution in [1.82, 2.24) is 0 Å². The fraction of sp³-hybridized carbons (Fsp3) is 0.273. The smallest absolute Gasteiger partial charge is 0.259 e. The van der Waals surface area contributed by atoms with E-state index >= 15 is 0 Å². The summed E-state index contributed by atoms with van der Waals surface area (Å²) >= 11 is 10.4. The van der Waals surface area contributed by atoms with E-state index in [0.717, 1.165) is 5.56 Å². The average Bonchev–Trinajstić information content (AvgIpc) is 2.25. The molecule has 1 rings (SSSR count). The lowest BCUT2D eigenvalue weighted by Crippen LogP contribution is -2.04. The van der Waals surface area contributed by atoms with Crippen molar-refractivity contribution in [3.63, 3.8) is 0 Å². The molecule has 5 heteroatoms. The zero-order chi connectivity index (χ0) is 12.0. The highest BCUT2D eigenvalue weighted by molar-refractivity contribution is 6.64. The summed E-state index contributed by atoms with van der Waals surface area (Å²) in [5.74, 6) is 0.565. The minimum absolute atomic E-state index is 0.152. The van der Waals surface area contributed by atoms with Crippen LogP contribution in [0.4, 0.5) is 0 Å². The summed E-state index contributed by atoms with van der Waals surface area (Å²) in [5, 5.41) is -0.898. The number of hydrogen-bond donors (Lipinski definition) is 0. The van der Waals surface area contributed by atoms with Gasteiger partial charge < -0.3 is 4.74 Å². The molecule has 0 unspecified atom stereocenters. The van der Waals surface area contributed by atoms with Gasteiger partial charge in [0.2, 0.25) is 5.24 Å². The van der Waals surface area contributed by atoms with Crippen LogP contribution >= 0.6 is 23.2 Å². The average molecular weight is 261 g/mol. The van der Waals surface area contributed by atoms with Crippen LogP contribution < -0.4 is 4.74 Å². The molecule has 0 amide bonds. The summed E-state index contributed by atoms with van der Waals surface area (Å²) in [7, 11) is 0.